The summed E-state index contributed by atoms with van der Waals surface area (Å²) in [6.07, 6.45) is 0.259. The first-order valence-electron chi connectivity index (χ1n) is 9.01. The monoisotopic (exact) mass is 431 g/mol. The molecule has 0 bridgehead atoms. The number of furan rings is 1. The van der Waals surface area contributed by atoms with Gasteiger partial charge >= 0.3 is 0 Å². The average molecular weight is 432 g/mol. The summed E-state index contributed by atoms with van der Waals surface area (Å²) in [4.78, 5) is 41.9. The molecule has 0 spiro atoms. The van der Waals surface area contributed by atoms with Gasteiger partial charge in [0.25, 0.3) is 0 Å². The van der Waals surface area contributed by atoms with Gasteiger partial charge in [-0.3, -0.25) is 14.4 Å². The summed E-state index contributed by atoms with van der Waals surface area (Å²) >= 11 is 2.86. The van der Waals surface area contributed by atoms with Crippen LogP contribution in [-0.2, 0) is 16.1 Å². The first-order valence-corrected chi connectivity index (χ1v) is 10.7. The summed E-state index contributed by atoms with van der Waals surface area (Å²) in [7, 11) is 0. The second-order valence-corrected chi connectivity index (χ2v) is 8.83. The Hall–Kier alpha value is -2.78. The summed E-state index contributed by atoms with van der Waals surface area (Å²) in [5.41, 5.74) is 1.30. The van der Waals surface area contributed by atoms with Gasteiger partial charge in [-0.05, 0) is 32.0 Å². The molecule has 3 rings (SSSR count). The van der Waals surface area contributed by atoms with Crippen LogP contribution >= 0.6 is 22.7 Å². The Kier molecular flexibility index (Phi) is 6.60. The van der Waals surface area contributed by atoms with Gasteiger partial charge in [0.15, 0.2) is 16.7 Å². The molecule has 0 aliphatic heterocycles. The standard InChI is InChI=1S/C20H21N3O4S2/c1-11-8-15(12(2)29-11)17(25)5-7-19(26)23-20-22-16(10-28-20)18-6-4-14(27-18)9-21-13(3)24/h4,6,8,10H,5,7,9H2,1-3H3,(H,21,24)(H,22,23,26). The van der Waals surface area contributed by atoms with Crippen molar-refractivity contribution in [3.8, 4) is 11.5 Å². The zero-order chi connectivity index (χ0) is 21.0. The largest absolute Gasteiger partial charge is 0.458 e. The molecular formula is C20H21N3O4S2. The lowest BCUT2D eigenvalue weighted by Gasteiger charge is -2.01. The third kappa shape index (κ3) is 5.61. The van der Waals surface area contributed by atoms with Crippen molar-refractivity contribution >= 4 is 45.4 Å². The Morgan fingerprint density at radius 3 is 2.66 bits per heavy atom. The maximum absolute atomic E-state index is 12.3. The van der Waals surface area contributed by atoms with Gasteiger partial charge in [-0.1, -0.05) is 0 Å². The molecule has 9 heteroatoms. The van der Waals surface area contributed by atoms with Gasteiger partial charge in [0.05, 0.1) is 6.54 Å². The molecule has 0 aliphatic carbocycles. The summed E-state index contributed by atoms with van der Waals surface area (Å²) < 4.78 is 5.65. The number of thiazole rings is 1. The maximum Gasteiger partial charge on any atom is 0.226 e. The third-order valence-electron chi connectivity index (χ3n) is 4.10. The van der Waals surface area contributed by atoms with Crippen LogP contribution in [0.2, 0.25) is 0 Å². The fourth-order valence-electron chi connectivity index (χ4n) is 2.72. The van der Waals surface area contributed by atoms with E-state index in [9.17, 15) is 14.4 Å². The average Bonchev–Trinajstić information content (AvgIpc) is 3.38. The lowest BCUT2D eigenvalue weighted by Crippen LogP contribution is -2.18. The van der Waals surface area contributed by atoms with Crippen LogP contribution in [0.3, 0.4) is 0 Å². The summed E-state index contributed by atoms with van der Waals surface area (Å²) in [6, 6.07) is 5.40. The Morgan fingerprint density at radius 1 is 1.17 bits per heavy atom. The molecule has 0 fully saturated rings. The minimum Gasteiger partial charge on any atom is -0.458 e. The molecule has 152 valence electrons. The number of carbonyl (C=O) groups is 3. The fraction of sp³-hybridized carbons (Fsp3) is 0.300. The van der Waals surface area contributed by atoms with Crippen molar-refractivity contribution in [3.05, 3.63) is 44.7 Å². The van der Waals surface area contributed by atoms with Crippen molar-refractivity contribution in [2.24, 2.45) is 0 Å². The van der Waals surface area contributed by atoms with Crippen LogP contribution in [0.25, 0.3) is 11.5 Å². The highest BCUT2D eigenvalue weighted by molar-refractivity contribution is 7.14. The van der Waals surface area contributed by atoms with Gasteiger partial charge in [0.1, 0.15) is 11.5 Å². The number of ketones is 1. The number of aryl methyl sites for hydroxylation is 2. The Balaban J connectivity index is 1.53. The predicted molar refractivity (Wildman–Crippen MR) is 113 cm³/mol. The van der Waals surface area contributed by atoms with Crippen molar-refractivity contribution in [3.63, 3.8) is 0 Å². The van der Waals surface area contributed by atoms with Gasteiger partial charge < -0.3 is 15.1 Å². The highest BCUT2D eigenvalue weighted by Gasteiger charge is 2.15. The lowest BCUT2D eigenvalue weighted by atomic mass is 10.1. The molecule has 3 aromatic heterocycles. The van der Waals surface area contributed by atoms with Crippen molar-refractivity contribution in [2.75, 3.05) is 5.32 Å². The third-order valence-corrected chi connectivity index (χ3v) is 5.82. The van der Waals surface area contributed by atoms with Crippen LogP contribution in [0.4, 0.5) is 5.13 Å². The zero-order valence-electron chi connectivity index (χ0n) is 16.3. The summed E-state index contributed by atoms with van der Waals surface area (Å²) in [5.74, 6) is 0.759. The molecule has 0 aromatic carbocycles. The van der Waals surface area contributed by atoms with E-state index in [0.717, 1.165) is 9.75 Å². The smallest absolute Gasteiger partial charge is 0.226 e. The molecule has 2 N–H and O–H groups in total. The minimum atomic E-state index is -0.255. The zero-order valence-corrected chi connectivity index (χ0v) is 18.0. The Bertz CT molecular complexity index is 1050. The van der Waals surface area contributed by atoms with Gasteiger partial charge in [0, 0.05) is 40.5 Å². The SMILES string of the molecule is CC(=O)NCc1ccc(-c2csc(NC(=O)CCC(=O)c3cc(C)sc3C)n2)o1. The van der Waals surface area contributed by atoms with Crippen LogP contribution in [0.15, 0.2) is 28.0 Å². The summed E-state index contributed by atoms with van der Waals surface area (Å²) in [5, 5.41) is 7.61. The van der Waals surface area contributed by atoms with Gasteiger partial charge in [-0.2, -0.15) is 0 Å². The van der Waals surface area contributed by atoms with Crippen LogP contribution in [0.1, 0.15) is 45.6 Å². The Labute approximate surface area is 176 Å². The predicted octanol–water partition coefficient (Wildman–Crippen LogP) is 4.32. The van der Waals surface area contributed by atoms with E-state index in [1.165, 1.54) is 18.3 Å². The molecule has 0 saturated heterocycles. The van der Waals surface area contributed by atoms with Gasteiger partial charge in [-0.15, -0.1) is 22.7 Å². The maximum atomic E-state index is 12.3. The van der Waals surface area contributed by atoms with E-state index in [4.69, 9.17) is 4.42 Å². The van der Waals surface area contributed by atoms with Gasteiger partial charge in [0.2, 0.25) is 11.8 Å². The number of carbonyl (C=O) groups excluding carboxylic acids is 3. The van der Waals surface area contributed by atoms with E-state index in [0.29, 0.717) is 34.5 Å². The number of thiophene rings is 1. The minimum absolute atomic E-state index is 0.0240. The fourth-order valence-corrected chi connectivity index (χ4v) is 4.38. The van der Waals surface area contributed by atoms with Crippen LogP contribution in [-0.4, -0.2) is 22.6 Å². The van der Waals surface area contributed by atoms with Crippen molar-refractivity contribution in [2.45, 2.75) is 40.2 Å². The molecular weight excluding hydrogens is 410 g/mol. The second-order valence-electron chi connectivity index (χ2n) is 6.51. The van der Waals surface area contributed by atoms with Gasteiger partial charge in [-0.25, -0.2) is 4.98 Å². The number of Topliss-reactive ketones (excluding diaryl/α,β-unsaturated/α-hetero) is 1. The van der Waals surface area contributed by atoms with Crippen LogP contribution in [0.5, 0.6) is 0 Å². The molecule has 2 amide bonds. The first-order chi connectivity index (χ1) is 13.8. The molecule has 3 aromatic rings. The van der Waals surface area contributed by atoms with Crippen LogP contribution in [0, 0.1) is 13.8 Å². The number of nitrogens with one attached hydrogen (secondary N) is 2. The summed E-state index contributed by atoms with van der Waals surface area (Å²) in [6.45, 7) is 5.62. The van der Waals surface area contributed by atoms with E-state index in [1.807, 2.05) is 19.9 Å². The number of rotatable bonds is 8. The highest BCUT2D eigenvalue weighted by atomic mass is 32.1. The van der Waals surface area contributed by atoms with E-state index in [2.05, 4.69) is 15.6 Å². The first kappa shape index (κ1) is 20.9. The number of amides is 2. The molecule has 3 heterocycles. The van der Waals surface area contributed by atoms with Crippen molar-refractivity contribution in [1.82, 2.24) is 10.3 Å². The van der Waals surface area contributed by atoms with E-state index in [-0.39, 0.29) is 30.4 Å². The second kappa shape index (κ2) is 9.15. The number of anilines is 1. The van der Waals surface area contributed by atoms with E-state index < -0.39 is 0 Å². The van der Waals surface area contributed by atoms with Crippen molar-refractivity contribution < 1.29 is 18.8 Å². The molecule has 0 atom stereocenters. The molecule has 0 unspecified atom stereocenters. The van der Waals surface area contributed by atoms with E-state index in [1.54, 1.807) is 28.8 Å². The topological polar surface area (TPSA) is 101 Å². The van der Waals surface area contributed by atoms with E-state index >= 15 is 0 Å². The molecule has 0 aliphatic rings. The molecule has 0 radical (unpaired) electrons. The lowest BCUT2D eigenvalue weighted by molar-refractivity contribution is -0.119. The quantitative estimate of drug-likeness (QED) is 0.517. The number of nitrogens with zero attached hydrogens (tertiary/aromatic N) is 1. The molecule has 29 heavy (non-hydrogen) atoms. The van der Waals surface area contributed by atoms with Crippen molar-refractivity contribution in [1.29, 1.82) is 0 Å². The number of hydrogen-bond acceptors (Lipinski definition) is 7. The van der Waals surface area contributed by atoms with Crippen LogP contribution < -0.4 is 10.6 Å². The number of aromatic nitrogens is 1. The highest BCUT2D eigenvalue weighted by Crippen LogP contribution is 2.27. The molecule has 0 saturated carbocycles. The molecule has 7 nitrogen and oxygen atoms in total. The Morgan fingerprint density at radius 2 is 1.97 bits per heavy atom. The normalized spacial score (nSPS) is 10.7. The number of hydrogen-bond donors (Lipinski definition) is 2.